The summed E-state index contributed by atoms with van der Waals surface area (Å²) in [6, 6.07) is 32.8. The third-order valence-corrected chi connectivity index (χ3v) is 9.41. The Morgan fingerprint density at radius 3 is 1.04 bits per heavy atom. The molecule has 5 rings (SSSR count). The monoisotopic (exact) mass is 734 g/mol. The van der Waals surface area contributed by atoms with Crippen molar-refractivity contribution in [1.29, 1.82) is 0 Å². The van der Waals surface area contributed by atoms with Crippen molar-refractivity contribution >= 4 is 11.4 Å². The smallest absolute Gasteiger partial charge is 0.113 e. The van der Waals surface area contributed by atoms with Crippen LogP contribution in [0.4, 0.5) is 11.4 Å². The molecule has 4 heteroatoms. The van der Waals surface area contributed by atoms with Gasteiger partial charge >= 0.3 is 0 Å². The van der Waals surface area contributed by atoms with Gasteiger partial charge in [-0.1, -0.05) is 101 Å². The molecule has 0 aliphatic heterocycles. The maximum atomic E-state index is 4.43. The van der Waals surface area contributed by atoms with Crippen molar-refractivity contribution in [3.63, 3.8) is 0 Å². The maximum Gasteiger partial charge on any atom is 0.113 e. The fraction of sp³-hybridized carbons (Fsp3) is 0.308. The van der Waals surface area contributed by atoms with Crippen LogP contribution in [0.5, 0.6) is 0 Å². The van der Waals surface area contributed by atoms with Gasteiger partial charge in [-0.25, -0.2) is 9.97 Å². The highest BCUT2D eigenvalue weighted by atomic mass is 15.1. The predicted molar refractivity (Wildman–Crippen MR) is 236 cm³/mol. The van der Waals surface area contributed by atoms with Gasteiger partial charge in [0.1, 0.15) is 11.4 Å². The van der Waals surface area contributed by atoms with E-state index in [4.69, 9.17) is 0 Å². The van der Waals surface area contributed by atoms with E-state index in [0.717, 1.165) is 59.6 Å². The molecular formula is C52H54N4. The molecule has 0 saturated carbocycles. The van der Waals surface area contributed by atoms with Crippen LogP contribution < -0.4 is 9.80 Å². The molecule has 56 heavy (non-hydrogen) atoms. The van der Waals surface area contributed by atoms with Crippen LogP contribution in [0.25, 0.3) is 0 Å². The van der Waals surface area contributed by atoms with Crippen LogP contribution in [0.1, 0.15) is 124 Å². The third-order valence-electron chi connectivity index (χ3n) is 9.41. The van der Waals surface area contributed by atoms with Crippen LogP contribution in [0.3, 0.4) is 0 Å². The summed E-state index contributed by atoms with van der Waals surface area (Å²) in [7, 11) is 0. The van der Waals surface area contributed by atoms with Gasteiger partial charge in [0.2, 0.25) is 0 Å². The minimum Gasteiger partial charge on any atom is -0.372 e. The molecule has 0 aliphatic carbocycles. The highest BCUT2D eigenvalue weighted by molar-refractivity contribution is 5.64. The van der Waals surface area contributed by atoms with E-state index in [-0.39, 0.29) is 0 Å². The zero-order valence-electron chi connectivity index (χ0n) is 33.7. The molecule has 5 aromatic rings. The second-order valence-corrected chi connectivity index (χ2v) is 13.9. The van der Waals surface area contributed by atoms with Gasteiger partial charge in [0.15, 0.2) is 0 Å². The SMILES string of the molecule is CCCCN(CCCC)c1ccc(C#Cc2cc(C#Cc3ccc(N(CCCC)CCCC)cc3)c(C#Cc3ccccn3)cc2C#Cc2ccccn2)cc1. The van der Waals surface area contributed by atoms with E-state index in [1.54, 1.807) is 12.4 Å². The summed E-state index contributed by atoms with van der Waals surface area (Å²) < 4.78 is 0. The summed E-state index contributed by atoms with van der Waals surface area (Å²) in [6.07, 6.45) is 13.0. The quantitative estimate of drug-likeness (QED) is 0.106. The number of nitrogens with zero attached hydrogens (tertiary/aromatic N) is 4. The summed E-state index contributed by atoms with van der Waals surface area (Å²) >= 11 is 0. The molecule has 0 saturated heterocycles. The van der Waals surface area contributed by atoms with Gasteiger partial charge in [-0.3, -0.25) is 0 Å². The van der Waals surface area contributed by atoms with Crippen LogP contribution in [0.15, 0.2) is 109 Å². The average Bonchev–Trinajstić information content (AvgIpc) is 3.25. The van der Waals surface area contributed by atoms with Gasteiger partial charge in [-0.2, -0.15) is 0 Å². The molecule has 0 N–H and O–H groups in total. The molecule has 0 bridgehead atoms. The first-order valence-electron chi connectivity index (χ1n) is 20.4. The molecule has 282 valence electrons. The van der Waals surface area contributed by atoms with E-state index in [9.17, 15) is 0 Å². The minimum atomic E-state index is 0.689. The van der Waals surface area contributed by atoms with Crippen molar-refractivity contribution in [2.75, 3.05) is 36.0 Å². The van der Waals surface area contributed by atoms with Gasteiger partial charge in [-0.15, -0.1) is 0 Å². The second kappa shape index (κ2) is 22.9. The van der Waals surface area contributed by atoms with Crippen LogP contribution in [-0.4, -0.2) is 36.1 Å². The highest BCUT2D eigenvalue weighted by Gasteiger charge is 2.09. The predicted octanol–water partition coefficient (Wildman–Crippen LogP) is 10.9. The number of rotatable bonds is 14. The van der Waals surface area contributed by atoms with E-state index in [0.29, 0.717) is 11.4 Å². The van der Waals surface area contributed by atoms with Gasteiger partial charge in [0, 0.05) is 83.3 Å². The lowest BCUT2D eigenvalue weighted by Crippen LogP contribution is -2.25. The molecule has 4 nitrogen and oxygen atoms in total. The maximum absolute atomic E-state index is 4.43. The normalized spacial score (nSPS) is 10.1. The molecule has 0 spiro atoms. The van der Waals surface area contributed by atoms with Crippen molar-refractivity contribution in [3.8, 4) is 47.4 Å². The molecule has 0 amide bonds. The Morgan fingerprint density at radius 1 is 0.393 bits per heavy atom. The standard InChI is InChI=1S/C52H54N4/c1-5-9-37-55(38-10-6-2)51-31-21-43(22-32-51)19-25-45-41-46(26-20-44-23-33-52(34-24-44)56(39-11-7-3)40-12-8-4)48(28-30-50-18-14-16-36-54-50)42-47(45)27-29-49-17-13-15-35-53-49/h13-18,21-24,31-36,41-42H,5-12,37-40H2,1-4H3. The Kier molecular flexibility index (Phi) is 16.7. The van der Waals surface area contributed by atoms with Crippen LogP contribution >= 0.6 is 0 Å². The first kappa shape index (κ1) is 41.0. The van der Waals surface area contributed by atoms with E-state index in [2.05, 4.69) is 143 Å². The Hall–Kier alpha value is -6.20. The third kappa shape index (κ3) is 13.0. The van der Waals surface area contributed by atoms with Crippen molar-refractivity contribution in [2.45, 2.75) is 79.1 Å². The second-order valence-electron chi connectivity index (χ2n) is 13.9. The number of hydrogen-bond acceptors (Lipinski definition) is 4. The average molecular weight is 735 g/mol. The molecule has 0 radical (unpaired) electrons. The fourth-order valence-electron chi connectivity index (χ4n) is 6.08. The van der Waals surface area contributed by atoms with Gasteiger partial charge < -0.3 is 9.80 Å². The minimum absolute atomic E-state index is 0.689. The summed E-state index contributed by atoms with van der Waals surface area (Å²) in [6.45, 7) is 13.3. The lowest BCUT2D eigenvalue weighted by atomic mass is 9.98. The number of benzene rings is 3. The molecular weight excluding hydrogens is 681 g/mol. The Bertz CT molecular complexity index is 2040. The van der Waals surface area contributed by atoms with E-state index in [1.807, 2.05) is 48.5 Å². The van der Waals surface area contributed by atoms with Crippen molar-refractivity contribution < 1.29 is 0 Å². The Balaban J connectivity index is 1.55. The lowest BCUT2D eigenvalue weighted by Gasteiger charge is -2.24. The summed E-state index contributed by atoms with van der Waals surface area (Å²) in [5.74, 6) is 26.9. The Labute approximate surface area is 336 Å². The van der Waals surface area contributed by atoms with E-state index in [1.165, 1.54) is 62.7 Å². The summed E-state index contributed by atoms with van der Waals surface area (Å²) in [5.41, 5.74) is 8.87. The number of unbranched alkanes of at least 4 members (excludes halogenated alkanes) is 4. The van der Waals surface area contributed by atoms with E-state index < -0.39 is 0 Å². The first-order chi connectivity index (χ1) is 27.6. The van der Waals surface area contributed by atoms with Crippen molar-refractivity contribution in [1.82, 2.24) is 9.97 Å². The first-order valence-corrected chi connectivity index (χ1v) is 20.4. The van der Waals surface area contributed by atoms with Gasteiger partial charge in [0.05, 0.1) is 0 Å². The van der Waals surface area contributed by atoms with E-state index >= 15 is 0 Å². The number of hydrogen-bond donors (Lipinski definition) is 0. The summed E-state index contributed by atoms with van der Waals surface area (Å²) in [4.78, 5) is 13.8. The molecule has 0 atom stereocenters. The molecule has 2 heterocycles. The topological polar surface area (TPSA) is 32.3 Å². The molecule has 3 aromatic carbocycles. The number of aromatic nitrogens is 2. The van der Waals surface area contributed by atoms with Crippen LogP contribution in [0, 0.1) is 47.4 Å². The number of anilines is 2. The molecule has 2 aromatic heterocycles. The zero-order valence-corrected chi connectivity index (χ0v) is 33.7. The van der Waals surface area contributed by atoms with Gasteiger partial charge in [0.25, 0.3) is 0 Å². The van der Waals surface area contributed by atoms with Gasteiger partial charge in [-0.05, 0) is 122 Å². The number of pyridine rings is 2. The molecule has 0 unspecified atom stereocenters. The molecule has 0 aliphatic rings. The Morgan fingerprint density at radius 2 is 0.732 bits per heavy atom. The largest absolute Gasteiger partial charge is 0.372 e. The summed E-state index contributed by atoms with van der Waals surface area (Å²) in [5, 5.41) is 0. The zero-order chi connectivity index (χ0) is 39.2. The van der Waals surface area contributed by atoms with Crippen LogP contribution in [-0.2, 0) is 0 Å². The molecule has 0 fully saturated rings. The lowest BCUT2D eigenvalue weighted by molar-refractivity contribution is 0.678. The van der Waals surface area contributed by atoms with Crippen LogP contribution in [0.2, 0.25) is 0 Å². The highest BCUT2D eigenvalue weighted by Crippen LogP contribution is 2.20. The fourth-order valence-corrected chi connectivity index (χ4v) is 6.08. The van der Waals surface area contributed by atoms with Crippen molar-refractivity contribution in [2.24, 2.45) is 0 Å². The van der Waals surface area contributed by atoms with Crippen molar-refractivity contribution in [3.05, 3.63) is 154 Å².